The van der Waals surface area contributed by atoms with Crippen molar-refractivity contribution in [1.29, 1.82) is 0 Å². The van der Waals surface area contributed by atoms with Gasteiger partial charge in [0, 0.05) is 29.0 Å². The minimum Gasteiger partial charge on any atom is -0.361 e. The number of aromatic nitrogens is 3. The summed E-state index contributed by atoms with van der Waals surface area (Å²) in [6.45, 7) is 0.509. The summed E-state index contributed by atoms with van der Waals surface area (Å²) in [5.41, 5.74) is 3.75. The first-order chi connectivity index (χ1) is 12.2. The van der Waals surface area contributed by atoms with Crippen LogP contribution in [-0.2, 0) is 17.6 Å². The number of amides is 1. The van der Waals surface area contributed by atoms with Gasteiger partial charge in [0.2, 0.25) is 5.91 Å². The molecule has 0 saturated carbocycles. The van der Waals surface area contributed by atoms with Gasteiger partial charge in [-0.2, -0.15) is 5.10 Å². The molecule has 2 aromatic heterocycles. The number of nitrogens with zero attached hydrogens (tertiary/aromatic N) is 1. The number of fused-ring (bicyclic) bond motifs is 2. The number of benzene rings is 2. The molecule has 4 aromatic rings. The molecule has 1 amide bonds. The van der Waals surface area contributed by atoms with Gasteiger partial charge in [-0.25, -0.2) is 4.39 Å². The quantitative estimate of drug-likeness (QED) is 0.524. The molecule has 0 saturated heterocycles. The Labute approximate surface area is 143 Å². The predicted molar refractivity (Wildman–Crippen MR) is 94.8 cm³/mol. The van der Waals surface area contributed by atoms with Crippen LogP contribution < -0.4 is 5.32 Å². The number of halogens is 1. The molecule has 5 nitrogen and oxygen atoms in total. The fourth-order valence-corrected chi connectivity index (χ4v) is 3.04. The number of hydrogen-bond acceptors (Lipinski definition) is 2. The molecule has 2 heterocycles. The molecule has 0 aliphatic heterocycles. The summed E-state index contributed by atoms with van der Waals surface area (Å²) in [5.74, 6) is -0.295. The zero-order valence-electron chi connectivity index (χ0n) is 13.5. The smallest absolute Gasteiger partial charge is 0.224 e. The first kappa shape index (κ1) is 15.4. The summed E-state index contributed by atoms with van der Waals surface area (Å²) in [6, 6.07) is 10.5. The third-order valence-corrected chi connectivity index (χ3v) is 4.32. The first-order valence-corrected chi connectivity index (χ1v) is 8.13. The second kappa shape index (κ2) is 6.39. The van der Waals surface area contributed by atoms with Gasteiger partial charge in [-0.1, -0.05) is 12.1 Å². The van der Waals surface area contributed by atoms with Gasteiger partial charge >= 0.3 is 0 Å². The van der Waals surface area contributed by atoms with Crippen LogP contribution in [0.3, 0.4) is 0 Å². The number of hydrogen-bond donors (Lipinski definition) is 3. The Morgan fingerprint density at radius 2 is 2.08 bits per heavy atom. The summed E-state index contributed by atoms with van der Waals surface area (Å²) >= 11 is 0. The highest BCUT2D eigenvalue weighted by atomic mass is 19.1. The largest absolute Gasteiger partial charge is 0.361 e. The molecule has 0 bridgehead atoms. The second-order valence-corrected chi connectivity index (χ2v) is 6.07. The van der Waals surface area contributed by atoms with E-state index in [-0.39, 0.29) is 11.7 Å². The molecular weight excluding hydrogens is 319 g/mol. The average Bonchev–Trinajstić information content (AvgIpc) is 3.21. The maximum absolute atomic E-state index is 13.4. The Kier molecular flexibility index (Phi) is 3.93. The zero-order chi connectivity index (χ0) is 17.2. The van der Waals surface area contributed by atoms with E-state index in [0.29, 0.717) is 19.4 Å². The van der Waals surface area contributed by atoms with E-state index in [1.807, 2.05) is 24.4 Å². The molecule has 4 rings (SSSR count). The van der Waals surface area contributed by atoms with Crippen molar-refractivity contribution in [2.45, 2.75) is 12.8 Å². The van der Waals surface area contributed by atoms with E-state index in [1.165, 1.54) is 12.1 Å². The molecule has 0 aliphatic carbocycles. The van der Waals surface area contributed by atoms with Gasteiger partial charge in [0.1, 0.15) is 5.82 Å². The van der Waals surface area contributed by atoms with Crippen LogP contribution in [0.15, 0.2) is 48.8 Å². The van der Waals surface area contributed by atoms with E-state index < -0.39 is 0 Å². The van der Waals surface area contributed by atoms with Gasteiger partial charge in [0.25, 0.3) is 0 Å². The van der Waals surface area contributed by atoms with Crippen molar-refractivity contribution in [3.05, 3.63) is 65.7 Å². The van der Waals surface area contributed by atoms with E-state index in [9.17, 15) is 9.18 Å². The van der Waals surface area contributed by atoms with Gasteiger partial charge in [-0.05, 0) is 41.8 Å². The number of carbonyl (C=O) groups excluding carboxylic acids is 1. The summed E-state index contributed by atoms with van der Waals surface area (Å²) in [4.78, 5) is 15.2. The molecule has 0 unspecified atom stereocenters. The minimum atomic E-state index is -0.258. The number of rotatable bonds is 5. The lowest BCUT2D eigenvalue weighted by Crippen LogP contribution is -2.27. The Balaban J connectivity index is 1.35. The highest BCUT2D eigenvalue weighted by Crippen LogP contribution is 2.19. The van der Waals surface area contributed by atoms with Crippen molar-refractivity contribution in [1.82, 2.24) is 20.5 Å². The van der Waals surface area contributed by atoms with Crippen molar-refractivity contribution < 1.29 is 9.18 Å². The molecule has 6 heteroatoms. The van der Waals surface area contributed by atoms with Crippen LogP contribution in [0.2, 0.25) is 0 Å². The van der Waals surface area contributed by atoms with Crippen LogP contribution in [0.4, 0.5) is 4.39 Å². The lowest BCUT2D eigenvalue weighted by atomic mass is 10.1. The SMILES string of the molecule is O=C(Cc1ccc2cn[nH]c2c1)NCCc1c[nH]c2ccc(F)cc12. The highest BCUT2D eigenvalue weighted by molar-refractivity contribution is 5.84. The molecule has 2 aromatic carbocycles. The minimum absolute atomic E-state index is 0.0371. The lowest BCUT2D eigenvalue weighted by molar-refractivity contribution is -0.120. The van der Waals surface area contributed by atoms with Crippen LogP contribution in [0, 0.1) is 5.82 Å². The average molecular weight is 336 g/mol. The molecule has 25 heavy (non-hydrogen) atoms. The third kappa shape index (κ3) is 3.24. The standard InChI is InChI=1S/C19H17FN4O/c20-15-3-4-17-16(9-15)13(10-22-17)5-6-21-19(25)8-12-1-2-14-11-23-24-18(14)7-12/h1-4,7,9-11,22H,5-6,8H2,(H,21,25)(H,23,24). The van der Waals surface area contributed by atoms with Crippen LogP contribution in [0.1, 0.15) is 11.1 Å². The van der Waals surface area contributed by atoms with Gasteiger partial charge in [0.05, 0.1) is 18.1 Å². The van der Waals surface area contributed by atoms with Crippen molar-refractivity contribution in [2.75, 3.05) is 6.54 Å². The maximum Gasteiger partial charge on any atom is 0.224 e. The van der Waals surface area contributed by atoms with Crippen LogP contribution in [-0.4, -0.2) is 27.6 Å². The van der Waals surface area contributed by atoms with E-state index in [1.54, 1.807) is 12.3 Å². The number of carbonyl (C=O) groups is 1. The summed E-state index contributed by atoms with van der Waals surface area (Å²) < 4.78 is 13.4. The van der Waals surface area contributed by atoms with Crippen molar-refractivity contribution >= 4 is 27.7 Å². The van der Waals surface area contributed by atoms with Crippen LogP contribution in [0.5, 0.6) is 0 Å². The molecular formula is C19H17FN4O. The Morgan fingerprint density at radius 3 is 3.00 bits per heavy atom. The second-order valence-electron chi connectivity index (χ2n) is 6.07. The Bertz CT molecular complexity index is 1050. The van der Waals surface area contributed by atoms with Gasteiger partial charge in [-0.3, -0.25) is 9.89 Å². The zero-order valence-corrected chi connectivity index (χ0v) is 13.5. The van der Waals surface area contributed by atoms with Crippen LogP contribution >= 0.6 is 0 Å². The summed E-state index contributed by atoms with van der Waals surface area (Å²) in [5, 5.41) is 11.7. The van der Waals surface area contributed by atoms with E-state index in [2.05, 4.69) is 20.5 Å². The lowest BCUT2D eigenvalue weighted by Gasteiger charge is -2.05. The number of H-pyrrole nitrogens is 2. The van der Waals surface area contributed by atoms with E-state index in [4.69, 9.17) is 0 Å². The highest BCUT2D eigenvalue weighted by Gasteiger charge is 2.07. The van der Waals surface area contributed by atoms with Crippen molar-refractivity contribution in [3.8, 4) is 0 Å². The van der Waals surface area contributed by atoms with Crippen molar-refractivity contribution in [3.63, 3.8) is 0 Å². The summed E-state index contributed by atoms with van der Waals surface area (Å²) in [6.07, 6.45) is 4.58. The maximum atomic E-state index is 13.4. The molecule has 0 aliphatic rings. The number of nitrogens with one attached hydrogen (secondary N) is 3. The molecule has 126 valence electrons. The topological polar surface area (TPSA) is 73.6 Å². The predicted octanol–water partition coefficient (Wildman–Crippen LogP) is 3.08. The van der Waals surface area contributed by atoms with Crippen LogP contribution in [0.25, 0.3) is 21.8 Å². The number of aromatic amines is 2. The normalized spacial score (nSPS) is 11.2. The molecule has 0 radical (unpaired) electrons. The molecule has 0 spiro atoms. The van der Waals surface area contributed by atoms with Gasteiger partial charge in [0.15, 0.2) is 0 Å². The van der Waals surface area contributed by atoms with E-state index in [0.717, 1.165) is 32.9 Å². The molecule has 0 fully saturated rings. The summed E-state index contributed by atoms with van der Waals surface area (Å²) in [7, 11) is 0. The molecule has 0 atom stereocenters. The fourth-order valence-electron chi connectivity index (χ4n) is 3.04. The monoisotopic (exact) mass is 336 g/mol. The fraction of sp³-hybridized carbons (Fsp3) is 0.158. The molecule has 3 N–H and O–H groups in total. The van der Waals surface area contributed by atoms with E-state index >= 15 is 0 Å². The van der Waals surface area contributed by atoms with Gasteiger partial charge < -0.3 is 10.3 Å². The Hall–Kier alpha value is -3.15. The van der Waals surface area contributed by atoms with Crippen molar-refractivity contribution in [2.24, 2.45) is 0 Å². The Morgan fingerprint density at radius 1 is 1.16 bits per heavy atom. The van der Waals surface area contributed by atoms with Gasteiger partial charge in [-0.15, -0.1) is 0 Å². The third-order valence-electron chi connectivity index (χ3n) is 4.32. The first-order valence-electron chi connectivity index (χ1n) is 8.13.